The number of halogens is 2. The lowest BCUT2D eigenvalue weighted by molar-refractivity contribution is -0.119. The summed E-state index contributed by atoms with van der Waals surface area (Å²) in [6.45, 7) is 1.91. The van der Waals surface area contributed by atoms with Gasteiger partial charge in [-0.3, -0.25) is 19.1 Å². The number of aromatic nitrogens is 8. The zero-order chi connectivity index (χ0) is 31.8. The van der Waals surface area contributed by atoms with Crippen molar-refractivity contribution in [1.82, 2.24) is 39.3 Å². The number of amides is 1. The molecule has 0 saturated carbocycles. The van der Waals surface area contributed by atoms with Crippen molar-refractivity contribution in [3.63, 3.8) is 0 Å². The minimum absolute atomic E-state index is 0.0885. The van der Waals surface area contributed by atoms with E-state index in [0.29, 0.717) is 52.6 Å². The van der Waals surface area contributed by atoms with Gasteiger partial charge in [-0.2, -0.15) is 5.10 Å². The molecule has 1 aliphatic rings. The number of nitrogens with zero attached hydrogens (tertiary/aromatic N) is 8. The predicted octanol–water partition coefficient (Wildman–Crippen LogP) is 6.39. The SMILES string of the molecule is C[C@@H]1CCC[C@H](n2cnc(-c3cc(Cl)ccc3-n3cc(Cl)nn3)cc2=O)c2cc(ccn2)-c2c(cnn2-c2ccccc2)NC1=O. The molecule has 230 valence electrons. The van der Waals surface area contributed by atoms with Crippen molar-refractivity contribution >= 4 is 34.8 Å². The zero-order valence-electron chi connectivity index (χ0n) is 24.6. The van der Waals surface area contributed by atoms with Crippen molar-refractivity contribution in [3.8, 4) is 33.9 Å². The summed E-state index contributed by atoms with van der Waals surface area (Å²) in [7, 11) is 0. The van der Waals surface area contributed by atoms with Gasteiger partial charge in [0.15, 0.2) is 5.15 Å². The van der Waals surface area contributed by atoms with Gasteiger partial charge in [0.2, 0.25) is 5.91 Å². The number of carbonyl (C=O) groups excluding carboxylic acids is 1. The van der Waals surface area contributed by atoms with Crippen LogP contribution in [0.15, 0.2) is 96.4 Å². The average molecular weight is 653 g/mol. The highest BCUT2D eigenvalue weighted by Crippen LogP contribution is 2.35. The Kier molecular flexibility index (Phi) is 7.93. The third kappa shape index (κ3) is 5.70. The van der Waals surface area contributed by atoms with Crippen LogP contribution >= 0.6 is 23.2 Å². The van der Waals surface area contributed by atoms with Gasteiger partial charge < -0.3 is 5.32 Å². The average Bonchev–Trinajstić information content (AvgIpc) is 3.69. The fourth-order valence-electron chi connectivity index (χ4n) is 5.76. The number of hydrogen-bond donors (Lipinski definition) is 1. The molecule has 11 nitrogen and oxygen atoms in total. The molecule has 0 aliphatic carbocycles. The number of anilines is 1. The largest absolute Gasteiger partial charge is 0.323 e. The van der Waals surface area contributed by atoms with Gasteiger partial charge in [-0.15, -0.1) is 5.10 Å². The predicted molar refractivity (Wildman–Crippen MR) is 175 cm³/mol. The molecule has 0 radical (unpaired) electrons. The molecule has 5 heterocycles. The van der Waals surface area contributed by atoms with Crippen LogP contribution in [0.4, 0.5) is 5.69 Å². The van der Waals surface area contributed by atoms with E-state index in [1.54, 1.807) is 46.0 Å². The summed E-state index contributed by atoms with van der Waals surface area (Å²) < 4.78 is 4.90. The number of rotatable bonds is 4. The standard InChI is InChI=1S/C33H27Cl2N9O2/c1-20-6-5-9-29(42-19-37-25(16-31(42)45)24-15-22(34)10-11-28(24)43-18-30(35)40-41-43)26-14-21(12-13-36-26)32-27(39-33(20)46)17-38-44(32)23-7-3-2-4-8-23/h2-4,7-8,10-20,29H,5-6,9H2,1H3,(H,39,46)/t20-,29+/m1/s1. The van der Waals surface area contributed by atoms with Crippen LogP contribution in [0.2, 0.25) is 10.2 Å². The van der Waals surface area contributed by atoms with Crippen LogP contribution in [-0.2, 0) is 4.79 Å². The van der Waals surface area contributed by atoms with E-state index in [9.17, 15) is 9.59 Å². The summed E-state index contributed by atoms with van der Waals surface area (Å²) in [5, 5.41) is 16.4. The van der Waals surface area contributed by atoms with Gasteiger partial charge in [-0.25, -0.2) is 14.3 Å². The molecule has 0 fully saturated rings. The van der Waals surface area contributed by atoms with Crippen LogP contribution in [0.25, 0.3) is 33.9 Å². The molecule has 2 atom stereocenters. The fourth-order valence-corrected chi connectivity index (χ4v) is 6.06. The highest BCUT2D eigenvalue weighted by molar-refractivity contribution is 6.31. The molecule has 4 aromatic heterocycles. The van der Waals surface area contributed by atoms with E-state index in [2.05, 4.69) is 20.7 Å². The van der Waals surface area contributed by atoms with Gasteiger partial charge in [0, 0.05) is 34.3 Å². The Bertz CT molecular complexity index is 2120. The molecule has 13 heteroatoms. The molecule has 0 spiro atoms. The van der Waals surface area contributed by atoms with Crippen LogP contribution < -0.4 is 10.9 Å². The lowest BCUT2D eigenvalue weighted by atomic mass is 9.97. The van der Waals surface area contributed by atoms with Crippen molar-refractivity contribution in [2.45, 2.75) is 32.2 Å². The normalized spacial score (nSPS) is 16.6. The minimum Gasteiger partial charge on any atom is -0.323 e. The van der Waals surface area contributed by atoms with Gasteiger partial charge >= 0.3 is 0 Å². The van der Waals surface area contributed by atoms with E-state index in [4.69, 9.17) is 33.2 Å². The van der Waals surface area contributed by atoms with Crippen LogP contribution in [0.1, 0.15) is 37.9 Å². The van der Waals surface area contributed by atoms with E-state index in [0.717, 1.165) is 16.9 Å². The number of pyridine rings is 1. The van der Waals surface area contributed by atoms with Crippen molar-refractivity contribution in [1.29, 1.82) is 0 Å². The van der Waals surface area contributed by atoms with Crippen molar-refractivity contribution in [2.75, 3.05) is 5.32 Å². The van der Waals surface area contributed by atoms with Gasteiger partial charge in [0.1, 0.15) is 0 Å². The Morgan fingerprint density at radius 3 is 2.59 bits per heavy atom. The first-order chi connectivity index (χ1) is 22.4. The summed E-state index contributed by atoms with van der Waals surface area (Å²) in [5.74, 6) is -0.350. The minimum atomic E-state index is -0.437. The molecule has 0 unspecified atom stereocenters. The van der Waals surface area contributed by atoms with Gasteiger partial charge in [-0.05, 0) is 55.3 Å². The molecular weight excluding hydrogens is 625 g/mol. The van der Waals surface area contributed by atoms with Crippen LogP contribution in [0.5, 0.6) is 0 Å². The summed E-state index contributed by atoms with van der Waals surface area (Å²) in [4.78, 5) is 36.5. The molecule has 46 heavy (non-hydrogen) atoms. The van der Waals surface area contributed by atoms with Crippen molar-refractivity contribution < 1.29 is 4.79 Å². The molecular formula is C33H27Cl2N9O2. The maximum Gasteiger partial charge on any atom is 0.254 e. The van der Waals surface area contributed by atoms with Gasteiger partial charge in [0.05, 0.1) is 58.9 Å². The second-order valence-electron chi connectivity index (χ2n) is 11.1. The Balaban J connectivity index is 1.33. The van der Waals surface area contributed by atoms with Crippen LogP contribution in [-0.4, -0.2) is 45.2 Å². The molecule has 6 aromatic rings. The Labute approximate surface area is 273 Å². The lowest BCUT2D eigenvalue weighted by Crippen LogP contribution is -2.27. The lowest BCUT2D eigenvalue weighted by Gasteiger charge is -2.22. The smallest absolute Gasteiger partial charge is 0.254 e. The maximum absolute atomic E-state index is 13.9. The number of nitrogens with one attached hydrogen (secondary N) is 1. The third-order valence-corrected chi connectivity index (χ3v) is 8.51. The summed E-state index contributed by atoms with van der Waals surface area (Å²) in [6, 6.07) is 19.8. The molecule has 2 aromatic carbocycles. The van der Waals surface area contributed by atoms with Crippen molar-refractivity contribution in [2.24, 2.45) is 5.92 Å². The topological polar surface area (TPSA) is 125 Å². The first-order valence-electron chi connectivity index (χ1n) is 14.7. The third-order valence-electron chi connectivity index (χ3n) is 8.10. The van der Waals surface area contributed by atoms with E-state index < -0.39 is 6.04 Å². The Morgan fingerprint density at radius 2 is 1.80 bits per heavy atom. The number of hydrogen-bond acceptors (Lipinski definition) is 7. The molecule has 1 aliphatic heterocycles. The molecule has 1 amide bonds. The fraction of sp³-hybridized carbons (Fsp3) is 0.182. The molecule has 7 rings (SSSR count). The number of fused-ring (bicyclic) bond motifs is 4. The quantitative estimate of drug-likeness (QED) is 0.234. The second kappa shape index (κ2) is 12.3. The Morgan fingerprint density at radius 1 is 0.957 bits per heavy atom. The van der Waals surface area contributed by atoms with Crippen LogP contribution in [0.3, 0.4) is 0 Å². The first-order valence-corrected chi connectivity index (χ1v) is 15.5. The molecule has 2 bridgehead atoms. The number of para-hydroxylation sites is 1. The van der Waals surface area contributed by atoms with E-state index >= 15 is 0 Å². The summed E-state index contributed by atoms with van der Waals surface area (Å²) in [6.07, 6.45) is 8.36. The molecule has 0 saturated heterocycles. The van der Waals surface area contributed by atoms with E-state index in [1.807, 2.05) is 49.4 Å². The zero-order valence-corrected chi connectivity index (χ0v) is 26.1. The monoisotopic (exact) mass is 651 g/mol. The number of benzene rings is 2. The van der Waals surface area contributed by atoms with Gasteiger partial charge in [0.25, 0.3) is 5.56 Å². The van der Waals surface area contributed by atoms with Crippen LogP contribution in [0, 0.1) is 5.92 Å². The number of carbonyl (C=O) groups is 1. The summed E-state index contributed by atoms with van der Waals surface area (Å²) in [5.41, 5.74) is 5.03. The van der Waals surface area contributed by atoms with E-state index in [-0.39, 0.29) is 22.5 Å². The summed E-state index contributed by atoms with van der Waals surface area (Å²) >= 11 is 12.4. The van der Waals surface area contributed by atoms with E-state index in [1.165, 1.54) is 17.1 Å². The molecule has 1 N–H and O–H groups in total. The highest BCUT2D eigenvalue weighted by atomic mass is 35.5. The maximum atomic E-state index is 13.9. The Hall–Kier alpha value is -5.13. The van der Waals surface area contributed by atoms with Crippen molar-refractivity contribution in [3.05, 3.63) is 118 Å². The van der Waals surface area contributed by atoms with Gasteiger partial charge in [-0.1, -0.05) is 60.0 Å². The second-order valence-corrected chi connectivity index (χ2v) is 12.0. The highest BCUT2D eigenvalue weighted by Gasteiger charge is 2.25. The first kappa shape index (κ1) is 29.6.